The van der Waals surface area contributed by atoms with E-state index in [0.29, 0.717) is 25.6 Å². The summed E-state index contributed by atoms with van der Waals surface area (Å²) in [5.41, 5.74) is 0. The fourth-order valence-corrected chi connectivity index (χ4v) is 2.72. The van der Waals surface area contributed by atoms with Gasteiger partial charge in [-0.15, -0.1) is 12.4 Å². The lowest BCUT2D eigenvalue weighted by molar-refractivity contribution is -0.117. The van der Waals surface area contributed by atoms with Gasteiger partial charge in [-0.05, 0) is 6.42 Å². The first-order chi connectivity index (χ1) is 10.3. The molecule has 124 valence electrons. The van der Waals surface area contributed by atoms with Gasteiger partial charge in [0.15, 0.2) is 0 Å². The summed E-state index contributed by atoms with van der Waals surface area (Å²) < 4.78 is 12.6. The number of carbonyl (C=O) groups excluding carboxylic acids is 1. The van der Waals surface area contributed by atoms with E-state index >= 15 is 0 Å². The number of anilines is 1. The Labute approximate surface area is 136 Å². The van der Waals surface area contributed by atoms with Crippen LogP contribution in [0.4, 0.5) is 5.82 Å². The van der Waals surface area contributed by atoms with Gasteiger partial charge in [0.1, 0.15) is 5.82 Å². The van der Waals surface area contributed by atoms with E-state index in [1.165, 1.54) is 0 Å². The molecule has 1 amide bonds. The Morgan fingerprint density at radius 2 is 2.27 bits per heavy atom. The Balaban J connectivity index is 0.00000176. The molecular weight excluding hydrogens is 308 g/mol. The molecule has 3 heterocycles. The lowest BCUT2D eigenvalue weighted by Crippen LogP contribution is -2.43. The van der Waals surface area contributed by atoms with Crippen molar-refractivity contribution in [2.45, 2.75) is 25.4 Å². The Kier molecular flexibility index (Phi) is 6.63. The molecule has 2 aliphatic heterocycles. The molecule has 0 aliphatic carbocycles. The van der Waals surface area contributed by atoms with Gasteiger partial charge in [0.25, 0.3) is 0 Å². The summed E-state index contributed by atoms with van der Waals surface area (Å²) in [5, 5.41) is 10.5. The van der Waals surface area contributed by atoms with E-state index in [-0.39, 0.29) is 24.4 Å². The topological polar surface area (TPSA) is 77.4 Å². The van der Waals surface area contributed by atoms with Crippen molar-refractivity contribution < 1.29 is 14.3 Å². The fourth-order valence-electron chi connectivity index (χ4n) is 2.72. The SMILES string of the molecule is Cl.O=C(CC1COCCN1)Nc1ccnn1CC1CCOC1. The third-order valence-corrected chi connectivity index (χ3v) is 3.87. The minimum atomic E-state index is -0.0116. The lowest BCUT2D eigenvalue weighted by atomic mass is 10.1. The van der Waals surface area contributed by atoms with Crippen molar-refractivity contribution in [1.29, 1.82) is 0 Å². The average Bonchev–Trinajstić information content (AvgIpc) is 3.13. The van der Waals surface area contributed by atoms with Crippen molar-refractivity contribution in [3.05, 3.63) is 12.3 Å². The molecule has 7 nitrogen and oxygen atoms in total. The van der Waals surface area contributed by atoms with Gasteiger partial charge in [0.05, 0.1) is 26.0 Å². The van der Waals surface area contributed by atoms with Crippen LogP contribution in [0.5, 0.6) is 0 Å². The zero-order valence-corrected chi connectivity index (χ0v) is 13.3. The summed E-state index contributed by atoms with van der Waals surface area (Å²) in [6.07, 6.45) is 3.18. The maximum absolute atomic E-state index is 12.1. The summed E-state index contributed by atoms with van der Waals surface area (Å²) in [4.78, 5) is 12.1. The Morgan fingerprint density at radius 3 is 3.00 bits per heavy atom. The van der Waals surface area contributed by atoms with Gasteiger partial charge in [0.2, 0.25) is 5.91 Å². The molecule has 2 N–H and O–H groups in total. The number of nitrogens with one attached hydrogen (secondary N) is 2. The normalized spacial score (nSPS) is 24.7. The number of carbonyl (C=O) groups is 1. The first-order valence-electron chi connectivity index (χ1n) is 7.52. The number of amides is 1. The molecule has 22 heavy (non-hydrogen) atoms. The highest BCUT2D eigenvalue weighted by Gasteiger charge is 2.20. The van der Waals surface area contributed by atoms with Crippen LogP contribution in [-0.2, 0) is 20.8 Å². The van der Waals surface area contributed by atoms with E-state index in [0.717, 1.165) is 38.5 Å². The number of rotatable bonds is 5. The molecule has 0 aromatic carbocycles. The molecule has 0 radical (unpaired) electrons. The van der Waals surface area contributed by atoms with Crippen molar-refractivity contribution in [3.63, 3.8) is 0 Å². The second kappa shape index (κ2) is 8.47. The molecular formula is C14H23ClN4O3. The molecule has 1 aromatic heterocycles. The Bertz CT molecular complexity index is 470. The van der Waals surface area contributed by atoms with Gasteiger partial charge in [-0.1, -0.05) is 0 Å². The highest BCUT2D eigenvalue weighted by Crippen LogP contribution is 2.17. The van der Waals surface area contributed by atoms with Crippen LogP contribution in [0, 0.1) is 5.92 Å². The number of morpholine rings is 1. The van der Waals surface area contributed by atoms with Crippen LogP contribution in [0.25, 0.3) is 0 Å². The number of ether oxygens (including phenoxy) is 2. The molecule has 1 aromatic rings. The van der Waals surface area contributed by atoms with Crippen molar-refractivity contribution in [1.82, 2.24) is 15.1 Å². The zero-order chi connectivity index (χ0) is 14.5. The summed E-state index contributed by atoms with van der Waals surface area (Å²) in [7, 11) is 0. The van der Waals surface area contributed by atoms with Crippen molar-refractivity contribution in [3.8, 4) is 0 Å². The summed E-state index contributed by atoms with van der Waals surface area (Å²) >= 11 is 0. The predicted octanol–water partition coefficient (Wildman–Crippen LogP) is 0.658. The molecule has 2 aliphatic rings. The maximum Gasteiger partial charge on any atom is 0.227 e. The Morgan fingerprint density at radius 1 is 1.41 bits per heavy atom. The van der Waals surface area contributed by atoms with Crippen LogP contribution in [0.2, 0.25) is 0 Å². The molecule has 0 saturated carbocycles. The van der Waals surface area contributed by atoms with E-state index < -0.39 is 0 Å². The highest BCUT2D eigenvalue weighted by molar-refractivity contribution is 5.90. The van der Waals surface area contributed by atoms with Crippen LogP contribution in [0.15, 0.2) is 12.3 Å². The third-order valence-electron chi connectivity index (χ3n) is 3.87. The largest absolute Gasteiger partial charge is 0.381 e. The van der Waals surface area contributed by atoms with E-state index in [1.54, 1.807) is 6.20 Å². The minimum Gasteiger partial charge on any atom is -0.381 e. The van der Waals surface area contributed by atoms with Crippen LogP contribution in [0.3, 0.4) is 0 Å². The van der Waals surface area contributed by atoms with Crippen LogP contribution >= 0.6 is 12.4 Å². The summed E-state index contributed by atoms with van der Waals surface area (Å²) in [5.74, 6) is 1.22. The lowest BCUT2D eigenvalue weighted by Gasteiger charge is -2.23. The second-order valence-electron chi connectivity index (χ2n) is 5.61. The number of nitrogens with zero attached hydrogens (tertiary/aromatic N) is 2. The van der Waals surface area contributed by atoms with Crippen molar-refractivity contribution in [2.24, 2.45) is 5.92 Å². The van der Waals surface area contributed by atoms with Gasteiger partial charge in [-0.2, -0.15) is 5.10 Å². The maximum atomic E-state index is 12.1. The molecule has 2 atom stereocenters. The Hall–Kier alpha value is -1.15. The number of aromatic nitrogens is 2. The molecule has 2 fully saturated rings. The third kappa shape index (κ3) is 4.67. The number of halogens is 1. The van der Waals surface area contributed by atoms with E-state index in [2.05, 4.69) is 15.7 Å². The first kappa shape index (κ1) is 17.2. The molecule has 8 heteroatoms. The number of hydrogen-bond acceptors (Lipinski definition) is 5. The molecule has 0 bridgehead atoms. The van der Waals surface area contributed by atoms with Crippen molar-refractivity contribution >= 4 is 24.1 Å². The average molecular weight is 331 g/mol. The molecule has 2 unspecified atom stereocenters. The van der Waals surface area contributed by atoms with E-state index in [9.17, 15) is 4.79 Å². The van der Waals surface area contributed by atoms with Gasteiger partial charge < -0.3 is 20.1 Å². The van der Waals surface area contributed by atoms with E-state index in [4.69, 9.17) is 9.47 Å². The minimum absolute atomic E-state index is 0. The zero-order valence-electron chi connectivity index (χ0n) is 12.5. The van der Waals surface area contributed by atoms with Crippen molar-refractivity contribution in [2.75, 3.05) is 38.3 Å². The molecule has 2 saturated heterocycles. The monoisotopic (exact) mass is 330 g/mol. The number of hydrogen-bond donors (Lipinski definition) is 2. The van der Waals surface area contributed by atoms with Crippen LogP contribution in [-0.4, -0.2) is 54.7 Å². The van der Waals surface area contributed by atoms with Gasteiger partial charge >= 0.3 is 0 Å². The van der Waals surface area contributed by atoms with Gasteiger partial charge in [-0.25, -0.2) is 4.68 Å². The van der Waals surface area contributed by atoms with Gasteiger partial charge in [-0.3, -0.25) is 4.79 Å². The quantitative estimate of drug-likeness (QED) is 0.829. The van der Waals surface area contributed by atoms with Gasteiger partial charge in [0, 0.05) is 44.1 Å². The smallest absolute Gasteiger partial charge is 0.227 e. The summed E-state index contributed by atoms with van der Waals surface area (Å²) in [6.45, 7) is 4.49. The van der Waals surface area contributed by atoms with Crippen LogP contribution in [0.1, 0.15) is 12.8 Å². The highest BCUT2D eigenvalue weighted by atomic mass is 35.5. The van der Waals surface area contributed by atoms with Crippen LogP contribution < -0.4 is 10.6 Å². The molecule has 0 spiro atoms. The second-order valence-corrected chi connectivity index (χ2v) is 5.61. The predicted molar refractivity (Wildman–Crippen MR) is 84.3 cm³/mol. The standard InChI is InChI=1S/C14H22N4O3.ClH/c19-14(7-12-10-21-6-4-15-12)17-13-1-3-16-18(13)8-11-2-5-20-9-11;/h1,3,11-12,15H,2,4-10H2,(H,17,19);1H. The first-order valence-corrected chi connectivity index (χ1v) is 7.52. The summed E-state index contributed by atoms with van der Waals surface area (Å²) in [6, 6.07) is 1.93. The van der Waals surface area contributed by atoms with E-state index in [1.807, 2.05) is 10.7 Å². The molecule has 3 rings (SSSR count). The fraction of sp³-hybridized carbons (Fsp3) is 0.714.